The van der Waals surface area contributed by atoms with Crippen LogP contribution in [0.2, 0.25) is 0 Å². The second kappa shape index (κ2) is 8.60. The highest BCUT2D eigenvalue weighted by Crippen LogP contribution is 2.26. The summed E-state index contributed by atoms with van der Waals surface area (Å²) < 4.78 is 15.8. The molecule has 0 bridgehead atoms. The standard InChI is InChI=1S/C20H22N2O4/c1-24-12-9-22(10-13-25-2)20(23)16-14-18(19-8-5-11-26-19)21-17-7-4-3-6-15(16)17/h3-8,11,14H,9-10,12-13H2,1-2H3. The normalized spacial score (nSPS) is 11.0. The number of amides is 1. The van der Waals surface area contributed by atoms with Gasteiger partial charge in [-0.3, -0.25) is 4.79 Å². The first-order valence-corrected chi connectivity index (χ1v) is 8.45. The number of rotatable bonds is 8. The number of carbonyl (C=O) groups is 1. The molecule has 136 valence electrons. The van der Waals surface area contributed by atoms with E-state index in [2.05, 4.69) is 4.98 Å². The van der Waals surface area contributed by atoms with Crippen molar-refractivity contribution in [2.45, 2.75) is 0 Å². The highest BCUT2D eigenvalue weighted by atomic mass is 16.5. The smallest absolute Gasteiger partial charge is 0.254 e. The van der Waals surface area contributed by atoms with Crippen molar-refractivity contribution in [3.8, 4) is 11.5 Å². The molecule has 1 amide bonds. The van der Waals surface area contributed by atoms with Crippen LogP contribution in [-0.2, 0) is 9.47 Å². The fourth-order valence-electron chi connectivity index (χ4n) is 2.79. The molecule has 6 heteroatoms. The monoisotopic (exact) mass is 354 g/mol. The van der Waals surface area contributed by atoms with Crippen LogP contribution >= 0.6 is 0 Å². The molecule has 0 saturated heterocycles. The summed E-state index contributed by atoms with van der Waals surface area (Å²) >= 11 is 0. The first-order chi connectivity index (χ1) is 12.7. The Balaban J connectivity index is 2.04. The average molecular weight is 354 g/mol. The van der Waals surface area contributed by atoms with E-state index in [0.717, 1.165) is 10.9 Å². The first-order valence-electron chi connectivity index (χ1n) is 8.45. The lowest BCUT2D eigenvalue weighted by Gasteiger charge is -2.23. The van der Waals surface area contributed by atoms with Crippen molar-refractivity contribution >= 4 is 16.8 Å². The van der Waals surface area contributed by atoms with E-state index in [1.165, 1.54) is 0 Å². The maximum atomic E-state index is 13.2. The molecule has 0 fully saturated rings. The minimum atomic E-state index is -0.0782. The lowest BCUT2D eigenvalue weighted by atomic mass is 10.1. The molecule has 6 nitrogen and oxygen atoms in total. The second-order valence-electron chi connectivity index (χ2n) is 5.83. The van der Waals surface area contributed by atoms with Crippen LogP contribution in [0.1, 0.15) is 10.4 Å². The summed E-state index contributed by atoms with van der Waals surface area (Å²) in [6.07, 6.45) is 1.59. The van der Waals surface area contributed by atoms with Crippen LogP contribution in [0.3, 0.4) is 0 Å². The van der Waals surface area contributed by atoms with E-state index in [1.54, 1.807) is 37.5 Å². The lowest BCUT2D eigenvalue weighted by molar-refractivity contribution is 0.0629. The first kappa shape index (κ1) is 18.1. The second-order valence-corrected chi connectivity index (χ2v) is 5.83. The van der Waals surface area contributed by atoms with Crippen LogP contribution in [0.4, 0.5) is 0 Å². The summed E-state index contributed by atoms with van der Waals surface area (Å²) in [7, 11) is 3.24. The van der Waals surface area contributed by atoms with Gasteiger partial charge >= 0.3 is 0 Å². The van der Waals surface area contributed by atoms with Gasteiger partial charge in [0.2, 0.25) is 0 Å². The lowest BCUT2D eigenvalue weighted by Crippen LogP contribution is -2.36. The summed E-state index contributed by atoms with van der Waals surface area (Å²) in [4.78, 5) is 19.6. The fourth-order valence-corrected chi connectivity index (χ4v) is 2.79. The zero-order chi connectivity index (χ0) is 18.4. The van der Waals surface area contributed by atoms with Crippen LogP contribution in [-0.4, -0.2) is 56.3 Å². The maximum absolute atomic E-state index is 13.2. The van der Waals surface area contributed by atoms with E-state index in [9.17, 15) is 4.79 Å². The quantitative estimate of drug-likeness (QED) is 0.621. The number of benzene rings is 1. The van der Waals surface area contributed by atoms with E-state index in [1.807, 2.05) is 30.3 Å². The summed E-state index contributed by atoms with van der Waals surface area (Å²) in [5.41, 5.74) is 1.98. The number of carbonyl (C=O) groups excluding carboxylic acids is 1. The molecule has 3 aromatic rings. The Morgan fingerprint density at radius 2 is 1.81 bits per heavy atom. The topological polar surface area (TPSA) is 64.8 Å². The van der Waals surface area contributed by atoms with E-state index in [4.69, 9.17) is 13.9 Å². The van der Waals surface area contributed by atoms with Crippen LogP contribution in [0, 0.1) is 0 Å². The molecular formula is C20H22N2O4. The zero-order valence-electron chi connectivity index (χ0n) is 15.0. The SMILES string of the molecule is COCCN(CCOC)C(=O)c1cc(-c2ccco2)nc2ccccc12. The third kappa shape index (κ3) is 3.92. The Kier molecular flexibility index (Phi) is 5.99. The molecular weight excluding hydrogens is 332 g/mol. The van der Waals surface area contributed by atoms with E-state index >= 15 is 0 Å². The van der Waals surface area contributed by atoms with Gasteiger partial charge < -0.3 is 18.8 Å². The number of pyridine rings is 1. The number of hydrogen-bond donors (Lipinski definition) is 0. The molecule has 0 unspecified atom stereocenters. The van der Waals surface area contributed by atoms with Crippen LogP contribution in [0.15, 0.2) is 53.1 Å². The fraction of sp³-hybridized carbons (Fsp3) is 0.300. The molecule has 0 spiro atoms. The van der Waals surface area contributed by atoms with E-state index < -0.39 is 0 Å². The zero-order valence-corrected chi connectivity index (χ0v) is 15.0. The highest BCUT2D eigenvalue weighted by Gasteiger charge is 2.20. The molecule has 1 aromatic carbocycles. The number of aromatic nitrogens is 1. The van der Waals surface area contributed by atoms with Gasteiger partial charge in [0, 0.05) is 32.7 Å². The number of methoxy groups -OCH3 is 2. The summed E-state index contributed by atoms with van der Waals surface area (Å²) in [6.45, 7) is 1.91. The Labute approximate surface area is 152 Å². The average Bonchev–Trinajstić information content (AvgIpc) is 3.21. The van der Waals surface area contributed by atoms with E-state index in [-0.39, 0.29) is 5.91 Å². The summed E-state index contributed by atoms with van der Waals surface area (Å²) in [6, 6.07) is 13.0. The van der Waals surface area contributed by atoms with Crippen molar-refractivity contribution in [3.05, 3.63) is 54.3 Å². The molecule has 0 aliphatic rings. The van der Waals surface area contributed by atoms with Gasteiger partial charge in [-0.2, -0.15) is 0 Å². The van der Waals surface area contributed by atoms with Crippen LogP contribution in [0.25, 0.3) is 22.4 Å². The molecule has 0 aliphatic heterocycles. The summed E-state index contributed by atoms with van der Waals surface area (Å²) in [5, 5.41) is 0.813. The molecule has 26 heavy (non-hydrogen) atoms. The Morgan fingerprint density at radius 1 is 1.08 bits per heavy atom. The van der Waals surface area contributed by atoms with Crippen molar-refractivity contribution in [1.82, 2.24) is 9.88 Å². The van der Waals surface area contributed by atoms with Gasteiger partial charge in [0.25, 0.3) is 5.91 Å². The minimum Gasteiger partial charge on any atom is -0.463 e. The Morgan fingerprint density at radius 3 is 2.46 bits per heavy atom. The minimum absolute atomic E-state index is 0.0782. The molecule has 2 heterocycles. The van der Waals surface area contributed by atoms with Gasteiger partial charge in [0.05, 0.1) is 30.6 Å². The van der Waals surface area contributed by atoms with Gasteiger partial charge in [-0.05, 0) is 24.3 Å². The van der Waals surface area contributed by atoms with Gasteiger partial charge in [0.15, 0.2) is 5.76 Å². The highest BCUT2D eigenvalue weighted by molar-refractivity contribution is 6.07. The van der Waals surface area contributed by atoms with Crippen LogP contribution in [0.5, 0.6) is 0 Å². The largest absolute Gasteiger partial charge is 0.463 e. The number of ether oxygens (including phenoxy) is 2. The van der Waals surface area contributed by atoms with Crippen molar-refractivity contribution < 1.29 is 18.7 Å². The van der Waals surface area contributed by atoms with Crippen molar-refractivity contribution in [2.24, 2.45) is 0 Å². The molecule has 3 rings (SSSR count). The van der Waals surface area contributed by atoms with Gasteiger partial charge in [-0.15, -0.1) is 0 Å². The summed E-state index contributed by atoms with van der Waals surface area (Å²) in [5.74, 6) is 0.552. The molecule has 0 radical (unpaired) electrons. The van der Waals surface area contributed by atoms with E-state index in [0.29, 0.717) is 43.3 Å². The number of fused-ring (bicyclic) bond motifs is 1. The third-order valence-electron chi connectivity index (χ3n) is 4.14. The predicted molar refractivity (Wildman–Crippen MR) is 99.1 cm³/mol. The van der Waals surface area contributed by atoms with Crippen molar-refractivity contribution in [2.75, 3.05) is 40.5 Å². The van der Waals surface area contributed by atoms with Crippen LogP contribution < -0.4 is 0 Å². The molecule has 0 N–H and O–H groups in total. The third-order valence-corrected chi connectivity index (χ3v) is 4.14. The van der Waals surface area contributed by atoms with Crippen molar-refractivity contribution in [1.29, 1.82) is 0 Å². The number of nitrogens with zero attached hydrogens (tertiary/aromatic N) is 2. The number of furan rings is 1. The number of para-hydroxylation sites is 1. The molecule has 0 atom stereocenters. The van der Waals surface area contributed by atoms with Gasteiger partial charge in [-0.1, -0.05) is 18.2 Å². The maximum Gasteiger partial charge on any atom is 0.254 e. The number of hydrogen-bond acceptors (Lipinski definition) is 5. The van der Waals surface area contributed by atoms with Gasteiger partial charge in [-0.25, -0.2) is 4.98 Å². The predicted octanol–water partition coefficient (Wildman–Crippen LogP) is 3.23. The Hall–Kier alpha value is -2.70. The van der Waals surface area contributed by atoms with Crippen molar-refractivity contribution in [3.63, 3.8) is 0 Å². The molecule has 0 aliphatic carbocycles. The molecule has 0 saturated carbocycles. The van der Waals surface area contributed by atoms with Gasteiger partial charge in [0.1, 0.15) is 5.69 Å². The Bertz CT molecular complexity index is 853. The molecule has 2 aromatic heterocycles.